The molecule has 498 valence electrons. The molecule has 3 heterocycles. The highest BCUT2D eigenvalue weighted by Gasteiger charge is 2.20. The van der Waals surface area contributed by atoms with Gasteiger partial charge in [-0.2, -0.15) is 19.9 Å². The number of hydrogen-bond donors (Lipinski definition) is 5. The van der Waals surface area contributed by atoms with Crippen LogP contribution in [0.3, 0.4) is 0 Å². The number of ether oxygens (including phenoxy) is 6. The molecule has 13 rings (SSSR count). The van der Waals surface area contributed by atoms with E-state index in [1.807, 2.05) is 121 Å². The van der Waals surface area contributed by atoms with Gasteiger partial charge in [-0.25, -0.2) is 34.5 Å². The minimum absolute atomic E-state index is 0.0890. The van der Waals surface area contributed by atoms with E-state index in [1.54, 1.807) is 106 Å². The summed E-state index contributed by atoms with van der Waals surface area (Å²) in [5.74, 6) is 5.01. The van der Waals surface area contributed by atoms with Crippen LogP contribution in [0.25, 0.3) is 90.8 Å². The summed E-state index contributed by atoms with van der Waals surface area (Å²) in [5.41, 5.74) is 9.13. The van der Waals surface area contributed by atoms with Crippen molar-refractivity contribution in [3.8, 4) is 131 Å². The average molecular weight is 1330 g/mol. The number of para-hydroxylation sites is 1. The summed E-state index contributed by atoms with van der Waals surface area (Å²) in [4.78, 5) is 64.9. The van der Waals surface area contributed by atoms with Crippen LogP contribution in [0.15, 0.2) is 243 Å². The molecule has 0 aliphatic heterocycles. The minimum atomic E-state index is -0.453. The van der Waals surface area contributed by atoms with E-state index in [0.717, 1.165) is 50.6 Å². The smallest absolute Gasteiger partial charge is 0.338 e. The number of rotatable bonds is 19. The second-order valence-corrected chi connectivity index (χ2v) is 21.6. The Bertz CT molecular complexity index is 4810. The minimum Gasteiger partial charge on any atom is -0.507 e. The number of methoxy groups -OCH3 is 5. The van der Waals surface area contributed by atoms with Crippen molar-refractivity contribution >= 4 is 35.2 Å². The van der Waals surface area contributed by atoms with E-state index < -0.39 is 5.97 Å². The highest BCUT2D eigenvalue weighted by molar-refractivity contribution is 5.90. The number of carbonyl (C=O) groups excluding carboxylic acids is 2. The molecule has 0 bridgehead atoms. The molecule has 22 nitrogen and oxygen atoms in total. The molecule has 0 fully saturated rings. The van der Waals surface area contributed by atoms with E-state index in [9.17, 15) is 24.9 Å². The third kappa shape index (κ3) is 16.9. The lowest BCUT2D eigenvalue weighted by molar-refractivity contribution is 0.0525. The number of benzene rings is 10. The van der Waals surface area contributed by atoms with Gasteiger partial charge in [0.2, 0.25) is 11.9 Å². The third-order valence-electron chi connectivity index (χ3n) is 15.1. The molecular formula is C78H65N11O11. The van der Waals surface area contributed by atoms with Gasteiger partial charge < -0.3 is 54.4 Å². The SMILES string of the molecule is CCOC(=O)c1ccc(Nc2nc(-c3ccc(OC)cc3)nc(-c3ccc(OC)cc3)n2)cc1.COC(=O)c1ccc(Nc2nc(-c3ccc(OC)cc3O)nc(-c3ccc(OC)cc3O)n2)cc1.Oc1ccccc1-c1nc(-c2ccccc2)nc(-c2ccc(-c3ccccc3)cc2)n1. The first kappa shape index (κ1) is 67.8. The summed E-state index contributed by atoms with van der Waals surface area (Å²) in [6.07, 6.45) is 0. The number of carbonyl (C=O) groups is 2. The lowest BCUT2D eigenvalue weighted by atomic mass is 10.0. The molecule has 0 atom stereocenters. The van der Waals surface area contributed by atoms with E-state index in [2.05, 4.69) is 74.8 Å². The fourth-order valence-corrected chi connectivity index (χ4v) is 9.91. The summed E-state index contributed by atoms with van der Waals surface area (Å²) < 4.78 is 30.6. The molecule has 0 aliphatic carbocycles. The lowest BCUT2D eigenvalue weighted by Gasteiger charge is -2.12. The maximum Gasteiger partial charge on any atom is 0.338 e. The molecule has 0 amide bonds. The first-order valence-corrected chi connectivity index (χ1v) is 31.1. The van der Waals surface area contributed by atoms with Gasteiger partial charge in [-0.05, 0) is 152 Å². The monoisotopic (exact) mass is 1330 g/mol. The van der Waals surface area contributed by atoms with Crippen molar-refractivity contribution in [3.63, 3.8) is 0 Å². The molecule has 13 aromatic rings. The third-order valence-corrected chi connectivity index (χ3v) is 15.1. The van der Waals surface area contributed by atoms with Crippen molar-refractivity contribution in [1.82, 2.24) is 44.9 Å². The van der Waals surface area contributed by atoms with Gasteiger partial charge in [0, 0.05) is 45.8 Å². The summed E-state index contributed by atoms with van der Waals surface area (Å²) in [6.45, 7) is 2.10. The van der Waals surface area contributed by atoms with Crippen LogP contribution < -0.4 is 29.6 Å². The van der Waals surface area contributed by atoms with Crippen LogP contribution in [0.5, 0.6) is 40.2 Å². The Morgan fingerprint density at radius 3 is 1.06 bits per heavy atom. The van der Waals surface area contributed by atoms with Gasteiger partial charge >= 0.3 is 11.9 Å². The number of anilines is 4. The summed E-state index contributed by atoms with van der Waals surface area (Å²) in [5, 5.41) is 37.7. The van der Waals surface area contributed by atoms with Gasteiger partial charge in [0.15, 0.2) is 40.8 Å². The number of hydrogen-bond acceptors (Lipinski definition) is 22. The zero-order valence-electron chi connectivity index (χ0n) is 54.9. The molecule has 0 saturated heterocycles. The number of aromatic hydroxyl groups is 3. The van der Waals surface area contributed by atoms with Crippen LogP contribution in [-0.2, 0) is 9.47 Å². The van der Waals surface area contributed by atoms with Crippen molar-refractivity contribution < 1.29 is 53.3 Å². The maximum absolute atomic E-state index is 11.9. The molecule has 0 spiro atoms. The Morgan fingerprint density at radius 2 is 0.640 bits per heavy atom. The molecule has 0 aliphatic rings. The Morgan fingerprint density at radius 1 is 0.320 bits per heavy atom. The molecule has 22 heteroatoms. The Balaban J connectivity index is 0.000000151. The van der Waals surface area contributed by atoms with Gasteiger partial charge in [0.1, 0.15) is 40.2 Å². The lowest BCUT2D eigenvalue weighted by Crippen LogP contribution is -2.05. The van der Waals surface area contributed by atoms with Gasteiger partial charge in [0.05, 0.1) is 70.0 Å². The zero-order valence-corrected chi connectivity index (χ0v) is 54.9. The maximum atomic E-state index is 11.9. The number of phenolic OH excluding ortho intramolecular Hbond substituents is 3. The normalized spacial score (nSPS) is 10.5. The topological polar surface area (TPSA) is 290 Å². The predicted octanol–water partition coefficient (Wildman–Crippen LogP) is 15.6. The van der Waals surface area contributed by atoms with Crippen LogP contribution in [0, 0.1) is 0 Å². The van der Waals surface area contributed by atoms with E-state index in [-0.39, 0.29) is 40.8 Å². The van der Waals surface area contributed by atoms with Gasteiger partial charge in [0.25, 0.3) is 0 Å². The number of aromatic nitrogens is 9. The average Bonchev–Trinajstić information content (AvgIpc) is 0.803. The molecule has 10 aromatic carbocycles. The van der Waals surface area contributed by atoms with Gasteiger partial charge in [-0.15, -0.1) is 0 Å². The van der Waals surface area contributed by atoms with Gasteiger partial charge in [-0.3, -0.25) is 0 Å². The van der Waals surface area contributed by atoms with Crippen LogP contribution in [0.4, 0.5) is 23.3 Å². The van der Waals surface area contributed by atoms with Crippen LogP contribution in [0.1, 0.15) is 27.6 Å². The second kappa shape index (κ2) is 32.2. The fraction of sp³-hybridized carbons (Fsp3) is 0.0897. The Labute approximate surface area is 575 Å². The zero-order chi connectivity index (χ0) is 69.9. The van der Waals surface area contributed by atoms with Crippen molar-refractivity contribution in [1.29, 1.82) is 0 Å². The first-order chi connectivity index (χ1) is 48.8. The van der Waals surface area contributed by atoms with Crippen molar-refractivity contribution in [2.75, 3.05) is 52.8 Å². The number of esters is 2. The molecule has 100 heavy (non-hydrogen) atoms. The Hall–Kier alpha value is -13.6. The molecular weight excluding hydrogens is 1270 g/mol. The molecule has 0 unspecified atom stereocenters. The predicted molar refractivity (Wildman–Crippen MR) is 381 cm³/mol. The standard InChI is InChI=1S/C27H19N3O.C26H24N4O4.C25H22N4O6/c31-24-14-8-7-13-23(24)27-29-25(21-11-5-2-6-12-21)28-26(30-27)22-17-15-20(16-18-22)19-9-3-1-4-10-19;1-4-34-25(31)19-5-11-20(12-6-19)27-26-29-23(17-7-13-21(32-2)14-8-17)28-24(30-26)18-9-15-22(33-3)16-10-18;1-33-16-8-10-18(20(30)12-16)22-27-23(19-11-9-17(34-2)13-21(19)31)29-25(28-22)26-15-6-4-14(5-7-15)24(32)35-3/h1-18,31H;5-16H,4H2,1-3H3,(H,27,28,29,30);4-13,30-31H,1-3H3,(H,26,27,28,29). The van der Waals surface area contributed by atoms with Crippen molar-refractivity contribution in [2.24, 2.45) is 0 Å². The van der Waals surface area contributed by atoms with E-state index >= 15 is 0 Å². The van der Waals surface area contributed by atoms with E-state index in [0.29, 0.717) is 86.7 Å². The Kier molecular flexibility index (Phi) is 21.8. The van der Waals surface area contributed by atoms with Crippen LogP contribution >= 0.6 is 0 Å². The summed E-state index contributed by atoms with van der Waals surface area (Å²) in [7, 11) is 7.54. The van der Waals surface area contributed by atoms with Crippen LogP contribution in [0.2, 0.25) is 0 Å². The van der Waals surface area contributed by atoms with Crippen molar-refractivity contribution in [3.05, 3.63) is 254 Å². The second-order valence-electron chi connectivity index (χ2n) is 21.6. The summed E-state index contributed by atoms with van der Waals surface area (Å²) >= 11 is 0. The molecule has 0 radical (unpaired) electrons. The number of nitrogens with one attached hydrogen (secondary N) is 2. The van der Waals surface area contributed by atoms with Crippen LogP contribution in [-0.4, -0.2) is 114 Å². The summed E-state index contributed by atoms with van der Waals surface area (Å²) in [6, 6.07) is 73.2. The van der Waals surface area contributed by atoms with Gasteiger partial charge in [-0.1, -0.05) is 97.1 Å². The van der Waals surface area contributed by atoms with E-state index in [1.165, 1.54) is 33.5 Å². The first-order valence-electron chi connectivity index (χ1n) is 31.1. The molecule has 5 N–H and O–H groups in total. The highest BCUT2D eigenvalue weighted by atomic mass is 16.5. The van der Waals surface area contributed by atoms with Crippen molar-refractivity contribution in [2.45, 2.75) is 6.92 Å². The quantitative estimate of drug-likeness (QED) is 0.0470. The number of phenols is 3. The number of nitrogens with zero attached hydrogens (tertiary/aromatic N) is 9. The highest BCUT2D eigenvalue weighted by Crippen LogP contribution is 2.37. The molecule has 0 saturated carbocycles. The molecule has 3 aromatic heterocycles. The fourth-order valence-electron chi connectivity index (χ4n) is 9.91. The largest absolute Gasteiger partial charge is 0.507 e. The van der Waals surface area contributed by atoms with E-state index in [4.69, 9.17) is 33.4 Å².